The van der Waals surface area contributed by atoms with Crippen molar-refractivity contribution in [3.63, 3.8) is 0 Å². The van der Waals surface area contributed by atoms with E-state index in [1.54, 1.807) is 18.2 Å². The highest BCUT2D eigenvalue weighted by molar-refractivity contribution is 6.20. The van der Waals surface area contributed by atoms with E-state index >= 15 is 0 Å². The Balaban J connectivity index is 2.13. The molecule has 1 aromatic rings. The van der Waals surface area contributed by atoms with Crippen LogP contribution in [-0.2, 0) is 6.42 Å². The third kappa shape index (κ3) is 3.62. The molecular weight excluding hydrogens is 279 g/mol. The van der Waals surface area contributed by atoms with Crippen LogP contribution in [0.15, 0.2) is 18.2 Å². The van der Waals surface area contributed by atoms with Gasteiger partial charge >= 0.3 is 6.18 Å². The second-order valence-electron chi connectivity index (χ2n) is 4.54. The van der Waals surface area contributed by atoms with E-state index in [2.05, 4.69) is 5.32 Å². The number of amides is 1. The van der Waals surface area contributed by atoms with Crippen molar-refractivity contribution in [3.05, 3.63) is 34.9 Å². The van der Waals surface area contributed by atoms with Gasteiger partial charge in [-0.15, -0.1) is 11.6 Å². The van der Waals surface area contributed by atoms with E-state index in [4.69, 9.17) is 11.6 Å². The standard InChI is InChI=1S/C13H13ClF3NO/c14-11(3-5-13(15,16)17)9-2-1-8-4-6-18-12(19)10(8)7-9/h1-2,7,11H,3-6H2,(H,18,19). The minimum Gasteiger partial charge on any atom is -0.352 e. The van der Waals surface area contributed by atoms with Gasteiger partial charge < -0.3 is 5.32 Å². The first-order chi connectivity index (χ1) is 8.87. The summed E-state index contributed by atoms with van der Waals surface area (Å²) in [5, 5.41) is 1.96. The lowest BCUT2D eigenvalue weighted by atomic mass is 9.96. The number of alkyl halides is 4. The Hall–Kier alpha value is -1.23. The Kier molecular flexibility index (Phi) is 4.04. The fraction of sp³-hybridized carbons (Fsp3) is 0.462. The zero-order valence-electron chi connectivity index (χ0n) is 10.1. The second kappa shape index (κ2) is 5.41. The lowest BCUT2D eigenvalue weighted by Gasteiger charge is -2.19. The summed E-state index contributed by atoms with van der Waals surface area (Å²) in [4.78, 5) is 11.6. The largest absolute Gasteiger partial charge is 0.389 e. The van der Waals surface area contributed by atoms with Gasteiger partial charge in [-0.1, -0.05) is 12.1 Å². The van der Waals surface area contributed by atoms with E-state index < -0.39 is 18.0 Å². The van der Waals surface area contributed by atoms with Crippen molar-refractivity contribution >= 4 is 17.5 Å². The number of benzene rings is 1. The van der Waals surface area contributed by atoms with E-state index in [-0.39, 0.29) is 12.3 Å². The van der Waals surface area contributed by atoms with Gasteiger partial charge in [0, 0.05) is 18.5 Å². The molecule has 1 aliphatic heterocycles. The SMILES string of the molecule is O=C1NCCc2ccc(C(Cl)CCC(F)(F)F)cc21. The highest BCUT2D eigenvalue weighted by Crippen LogP contribution is 2.32. The van der Waals surface area contributed by atoms with E-state index in [9.17, 15) is 18.0 Å². The molecule has 0 bridgehead atoms. The molecule has 0 aliphatic carbocycles. The Labute approximate surface area is 113 Å². The van der Waals surface area contributed by atoms with Crippen LogP contribution in [0.25, 0.3) is 0 Å². The van der Waals surface area contributed by atoms with Gasteiger partial charge in [0.15, 0.2) is 0 Å². The van der Waals surface area contributed by atoms with Gasteiger partial charge in [-0.2, -0.15) is 13.2 Å². The minimum atomic E-state index is -4.21. The molecule has 0 saturated heterocycles. The summed E-state index contributed by atoms with van der Waals surface area (Å²) in [6.45, 7) is 0.587. The second-order valence-corrected chi connectivity index (χ2v) is 5.07. The van der Waals surface area contributed by atoms with Crippen LogP contribution < -0.4 is 5.32 Å². The van der Waals surface area contributed by atoms with Crippen molar-refractivity contribution in [1.82, 2.24) is 5.32 Å². The molecule has 0 fully saturated rings. The lowest BCUT2D eigenvalue weighted by Crippen LogP contribution is -2.31. The first-order valence-corrected chi connectivity index (χ1v) is 6.42. The van der Waals surface area contributed by atoms with Crippen LogP contribution in [0.1, 0.15) is 39.7 Å². The number of fused-ring (bicyclic) bond motifs is 1. The predicted octanol–water partition coefficient (Wildman–Crippen LogP) is 3.59. The lowest BCUT2D eigenvalue weighted by molar-refractivity contribution is -0.135. The third-order valence-corrected chi connectivity index (χ3v) is 3.57. The smallest absolute Gasteiger partial charge is 0.352 e. The van der Waals surface area contributed by atoms with E-state index in [1.165, 1.54) is 0 Å². The van der Waals surface area contributed by atoms with Crippen LogP contribution in [0.5, 0.6) is 0 Å². The van der Waals surface area contributed by atoms with Crippen LogP contribution in [0.4, 0.5) is 13.2 Å². The molecule has 0 radical (unpaired) electrons. The van der Waals surface area contributed by atoms with Crippen LogP contribution in [0, 0.1) is 0 Å². The normalized spacial score (nSPS) is 16.7. The van der Waals surface area contributed by atoms with Crippen molar-refractivity contribution in [2.75, 3.05) is 6.54 Å². The molecule has 6 heteroatoms. The predicted molar refractivity (Wildman–Crippen MR) is 66.4 cm³/mol. The zero-order chi connectivity index (χ0) is 14.0. The van der Waals surface area contributed by atoms with Crippen LogP contribution >= 0.6 is 11.6 Å². The molecule has 104 valence electrons. The average molecular weight is 292 g/mol. The van der Waals surface area contributed by atoms with Gasteiger partial charge in [-0.05, 0) is 30.0 Å². The molecule has 1 atom stereocenters. The maximum absolute atomic E-state index is 12.1. The van der Waals surface area contributed by atoms with Crippen molar-refractivity contribution in [2.45, 2.75) is 30.8 Å². The number of rotatable bonds is 3. The number of halogens is 4. The third-order valence-electron chi connectivity index (χ3n) is 3.10. The summed E-state index contributed by atoms with van der Waals surface area (Å²) in [7, 11) is 0. The fourth-order valence-electron chi connectivity index (χ4n) is 2.08. The number of nitrogens with one attached hydrogen (secondary N) is 1. The van der Waals surface area contributed by atoms with E-state index in [0.717, 1.165) is 12.0 Å². The van der Waals surface area contributed by atoms with E-state index in [1.807, 2.05) is 0 Å². The summed E-state index contributed by atoms with van der Waals surface area (Å²) in [6.07, 6.45) is -4.59. The summed E-state index contributed by atoms with van der Waals surface area (Å²) in [6, 6.07) is 5.07. The number of carbonyl (C=O) groups excluding carboxylic acids is 1. The Morgan fingerprint density at radius 2 is 2.11 bits per heavy atom. The van der Waals surface area contributed by atoms with Gasteiger partial charge in [0.25, 0.3) is 5.91 Å². The summed E-state index contributed by atoms with van der Waals surface area (Å²) in [5.74, 6) is -0.192. The van der Waals surface area contributed by atoms with Crippen molar-refractivity contribution < 1.29 is 18.0 Å². The molecule has 19 heavy (non-hydrogen) atoms. The first-order valence-electron chi connectivity index (χ1n) is 5.98. The highest BCUT2D eigenvalue weighted by atomic mass is 35.5. The highest BCUT2D eigenvalue weighted by Gasteiger charge is 2.28. The van der Waals surface area contributed by atoms with Crippen molar-refractivity contribution in [2.24, 2.45) is 0 Å². The number of carbonyl (C=O) groups is 1. The monoisotopic (exact) mass is 291 g/mol. The summed E-state index contributed by atoms with van der Waals surface area (Å²) < 4.78 is 36.4. The Bertz CT molecular complexity index is 487. The number of hydrogen-bond acceptors (Lipinski definition) is 1. The van der Waals surface area contributed by atoms with Crippen molar-refractivity contribution in [1.29, 1.82) is 0 Å². The molecule has 1 heterocycles. The maximum atomic E-state index is 12.1. The molecule has 1 unspecified atom stereocenters. The molecule has 1 amide bonds. The Morgan fingerprint density at radius 1 is 1.37 bits per heavy atom. The fourth-order valence-corrected chi connectivity index (χ4v) is 2.33. The molecule has 2 nitrogen and oxygen atoms in total. The van der Waals surface area contributed by atoms with Gasteiger partial charge in [-0.25, -0.2) is 0 Å². The molecule has 1 N–H and O–H groups in total. The van der Waals surface area contributed by atoms with Gasteiger partial charge in [-0.3, -0.25) is 4.79 Å². The Morgan fingerprint density at radius 3 is 2.79 bits per heavy atom. The summed E-state index contributed by atoms with van der Waals surface area (Å²) in [5.41, 5.74) is 1.98. The molecular formula is C13H13ClF3NO. The average Bonchev–Trinajstić information content (AvgIpc) is 2.35. The van der Waals surface area contributed by atoms with Gasteiger partial charge in [0.05, 0.1) is 5.38 Å². The van der Waals surface area contributed by atoms with Crippen LogP contribution in [0.2, 0.25) is 0 Å². The molecule has 2 rings (SSSR count). The van der Waals surface area contributed by atoms with Crippen molar-refractivity contribution in [3.8, 4) is 0 Å². The molecule has 1 aliphatic rings. The molecule has 0 saturated carbocycles. The first kappa shape index (κ1) is 14.2. The molecule has 0 spiro atoms. The number of hydrogen-bond donors (Lipinski definition) is 1. The molecule has 1 aromatic carbocycles. The summed E-state index contributed by atoms with van der Waals surface area (Å²) >= 11 is 5.97. The van der Waals surface area contributed by atoms with Gasteiger partial charge in [0.2, 0.25) is 0 Å². The quantitative estimate of drug-likeness (QED) is 0.847. The molecule has 0 aromatic heterocycles. The zero-order valence-corrected chi connectivity index (χ0v) is 10.8. The van der Waals surface area contributed by atoms with Crippen LogP contribution in [0.3, 0.4) is 0 Å². The minimum absolute atomic E-state index is 0.189. The van der Waals surface area contributed by atoms with E-state index in [0.29, 0.717) is 17.7 Å². The topological polar surface area (TPSA) is 29.1 Å². The van der Waals surface area contributed by atoms with Crippen LogP contribution in [-0.4, -0.2) is 18.6 Å². The maximum Gasteiger partial charge on any atom is 0.389 e. The van der Waals surface area contributed by atoms with Gasteiger partial charge in [0.1, 0.15) is 0 Å².